The number of carbonyl (C=O) groups excluding carboxylic acids is 2. The first-order valence-corrected chi connectivity index (χ1v) is 16.5. The zero-order valence-electron chi connectivity index (χ0n) is 25.6. The molecule has 0 saturated carbocycles. The molecule has 1 unspecified atom stereocenters. The summed E-state index contributed by atoms with van der Waals surface area (Å²) in [6, 6.07) is 16.4. The Morgan fingerprint density at radius 1 is 0.978 bits per heavy atom. The lowest BCUT2D eigenvalue weighted by Crippen LogP contribution is -2.29. The molecular weight excluding hydrogens is 650 g/mol. The molecule has 13 heteroatoms. The number of nitrogens with zero attached hydrogens (tertiary/aromatic N) is 3. The van der Waals surface area contributed by atoms with Gasteiger partial charge in [-0.25, -0.2) is 0 Å². The lowest BCUT2D eigenvalue weighted by atomic mass is 9.94. The smallest absolute Gasteiger partial charge is 0.301 e. The number of aliphatic hydroxyl groups is 1. The minimum atomic E-state index is -1.09. The van der Waals surface area contributed by atoms with Crippen LogP contribution in [-0.4, -0.2) is 54.9 Å². The third kappa shape index (κ3) is 6.93. The highest BCUT2D eigenvalue weighted by molar-refractivity contribution is 8.00. The van der Waals surface area contributed by atoms with E-state index in [-0.39, 0.29) is 16.5 Å². The molecular formula is C33H32ClN3O7S2. The summed E-state index contributed by atoms with van der Waals surface area (Å²) in [7, 11) is 4.42. The van der Waals surface area contributed by atoms with Crippen molar-refractivity contribution in [2.75, 3.05) is 32.8 Å². The van der Waals surface area contributed by atoms with Crippen LogP contribution >= 0.6 is 34.7 Å². The molecule has 240 valence electrons. The number of hydrogen-bond donors (Lipinski definition) is 1. The molecule has 1 amide bonds. The second kappa shape index (κ2) is 14.9. The average Bonchev–Trinajstić information content (AvgIpc) is 3.65. The van der Waals surface area contributed by atoms with E-state index in [2.05, 4.69) is 17.1 Å². The Kier molecular flexibility index (Phi) is 10.7. The summed E-state index contributed by atoms with van der Waals surface area (Å²) < 4.78 is 23.0. The zero-order valence-corrected chi connectivity index (χ0v) is 28.0. The summed E-state index contributed by atoms with van der Waals surface area (Å²) in [5.74, 6) is 0.112. The summed E-state index contributed by atoms with van der Waals surface area (Å²) in [5, 5.41) is 21.0. The first kappa shape index (κ1) is 33.1. The van der Waals surface area contributed by atoms with E-state index in [1.807, 2.05) is 24.3 Å². The Morgan fingerprint density at radius 2 is 1.65 bits per heavy atom. The molecule has 0 bridgehead atoms. The maximum atomic E-state index is 13.7. The number of methoxy groups -OCH3 is 3. The third-order valence-electron chi connectivity index (χ3n) is 7.22. The molecule has 3 aromatic carbocycles. The van der Waals surface area contributed by atoms with Crippen molar-refractivity contribution in [1.29, 1.82) is 0 Å². The number of rotatable bonds is 13. The number of Topliss-reactive ketones (excluding diaryl/α,β-unsaturated/α-hetero) is 1. The molecule has 2 heterocycles. The monoisotopic (exact) mass is 681 g/mol. The van der Waals surface area contributed by atoms with E-state index < -0.39 is 17.7 Å². The molecule has 1 atom stereocenters. The summed E-state index contributed by atoms with van der Waals surface area (Å²) in [6.45, 7) is 2.64. The van der Waals surface area contributed by atoms with Crippen molar-refractivity contribution >= 4 is 57.3 Å². The molecule has 0 aliphatic carbocycles. The fourth-order valence-corrected chi connectivity index (χ4v) is 6.84. The molecule has 1 aromatic heterocycles. The van der Waals surface area contributed by atoms with Crippen molar-refractivity contribution in [3.05, 3.63) is 87.9 Å². The lowest BCUT2D eigenvalue weighted by molar-refractivity contribution is -0.132. The molecule has 10 nitrogen and oxygen atoms in total. The Hall–Kier alpha value is -4.26. The van der Waals surface area contributed by atoms with E-state index in [4.69, 9.17) is 30.5 Å². The van der Waals surface area contributed by atoms with Crippen LogP contribution in [0, 0.1) is 0 Å². The SMILES string of the molecule is CCCCOc1ccc(/C(O)=C2\C(=O)C(=O)N(c3nnc(SCc4ccc(Cl)cc4)s3)C2c2cc(OC)c(OC)c(OC)c2)cc1. The first-order valence-electron chi connectivity index (χ1n) is 14.3. The molecule has 1 N–H and O–H groups in total. The minimum absolute atomic E-state index is 0.121. The van der Waals surface area contributed by atoms with E-state index in [9.17, 15) is 14.7 Å². The maximum Gasteiger partial charge on any atom is 0.301 e. The molecule has 0 radical (unpaired) electrons. The zero-order chi connectivity index (χ0) is 32.8. The largest absolute Gasteiger partial charge is 0.507 e. The predicted molar refractivity (Wildman–Crippen MR) is 179 cm³/mol. The van der Waals surface area contributed by atoms with Crippen LogP contribution in [0.15, 0.2) is 70.6 Å². The molecule has 1 aliphatic heterocycles. The van der Waals surface area contributed by atoms with Crippen LogP contribution < -0.4 is 23.8 Å². The van der Waals surface area contributed by atoms with Crippen LogP contribution in [0.4, 0.5) is 5.13 Å². The average molecular weight is 682 g/mol. The number of carbonyl (C=O) groups is 2. The molecule has 4 aromatic rings. The number of aliphatic hydroxyl groups excluding tert-OH is 1. The van der Waals surface area contributed by atoms with Gasteiger partial charge < -0.3 is 24.1 Å². The van der Waals surface area contributed by atoms with Gasteiger partial charge in [0.2, 0.25) is 10.9 Å². The van der Waals surface area contributed by atoms with Crippen molar-refractivity contribution in [2.24, 2.45) is 0 Å². The van der Waals surface area contributed by atoms with Crippen LogP contribution in [-0.2, 0) is 15.3 Å². The number of thioether (sulfide) groups is 1. The fraction of sp³-hybridized carbons (Fsp3) is 0.273. The number of ether oxygens (including phenoxy) is 4. The third-order valence-corrected chi connectivity index (χ3v) is 9.60. The van der Waals surface area contributed by atoms with Crippen LogP contribution in [0.3, 0.4) is 0 Å². The van der Waals surface area contributed by atoms with Gasteiger partial charge in [-0.2, -0.15) is 0 Å². The summed E-state index contributed by atoms with van der Waals surface area (Å²) in [5.41, 5.74) is 1.69. The number of hydrogen-bond acceptors (Lipinski definition) is 11. The first-order chi connectivity index (χ1) is 22.3. The van der Waals surface area contributed by atoms with Gasteiger partial charge in [-0.05, 0) is 66.1 Å². The van der Waals surface area contributed by atoms with Gasteiger partial charge in [0, 0.05) is 16.3 Å². The second-order valence-corrected chi connectivity index (χ2v) is 12.7. The van der Waals surface area contributed by atoms with Crippen molar-refractivity contribution in [3.63, 3.8) is 0 Å². The Bertz CT molecular complexity index is 1720. The van der Waals surface area contributed by atoms with E-state index in [0.717, 1.165) is 29.7 Å². The summed E-state index contributed by atoms with van der Waals surface area (Å²) in [6.07, 6.45) is 1.91. The Balaban J connectivity index is 1.57. The predicted octanol–water partition coefficient (Wildman–Crippen LogP) is 7.31. The molecule has 0 spiro atoms. The summed E-state index contributed by atoms with van der Waals surface area (Å²) >= 11 is 8.61. The van der Waals surface area contributed by atoms with Gasteiger partial charge in [0.25, 0.3) is 5.78 Å². The highest BCUT2D eigenvalue weighted by Crippen LogP contribution is 2.48. The van der Waals surface area contributed by atoms with Crippen molar-refractivity contribution in [1.82, 2.24) is 10.2 Å². The van der Waals surface area contributed by atoms with Gasteiger partial charge in [0.15, 0.2) is 15.8 Å². The number of ketones is 1. The van der Waals surface area contributed by atoms with E-state index in [0.29, 0.717) is 55.8 Å². The van der Waals surface area contributed by atoms with E-state index in [1.165, 1.54) is 38.0 Å². The Labute approximate surface area is 279 Å². The van der Waals surface area contributed by atoms with Gasteiger partial charge in [-0.15, -0.1) is 10.2 Å². The quantitative estimate of drug-likeness (QED) is 0.0384. The van der Waals surface area contributed by atoms with Gasteiger partial charge in [0.05, 0.1) is 39.6 Å². The normalized spacial score (nSPS) is 15.7. The topological polar surface area (TPSA) is 120 Å². The number of amides is 1. The van der Waals surface area contributed by atoms with Crippen LogP contribution in [0.1, 0.15) is 42.5 Å². The van der Waals surface area contributed by atoms with Gasteiger partial charge >= 0.3 is 5.91 Å². The Morgan fingerprint density at radius 3 is 2.26 bits per heavy atom. The minimum Gasteiger partial charge on any atom is -0.507 e. The van der Waals surface area contributed by atoms with Crippen LogP contribution in [0.25, 0.3) is 5.76 Å². The number of benzene rings is 3. The highest BCUT2D eigenvalue weighted by Gasteiger charge is 2.49. The van der Waals surface area contributed by atoms with Gasteiger partial charge in [-0.1, -0.05) is 60.2 Å². The van der Waals surface area contributed by atoms with Crippen molar-refractivity contribution in [3.8, 4) is 23.0 Å². The van der Waals surface area contributed by atoms with Crippen molar-refractivity contribution in [2.45, 2.75) is 35.9 Å². The van der Waals surface area contributed by atoms with E-state index >= 15 is 0 Å². The number of anilines is 1. The van der Waals surface area contributed by atoms with Crippen LogP contribution in [0.2, 0.25) is 5.02 Å². The number of aromatic nitrogens is 2. The lowest BCUT2D eigenvalue weighted by Gasteiger charge is -2.24. The van der Waals surface area contributed by atoms with Crippen LogP contribution in [0.5, 0.6) is 23.0 Å². The van der Waals surface area contributed by atoms with Crippen molar-refractivity contribution < 1.29 is 33.6 Å². The molecule has 46 heavy (non-hydrogen) atoms. The standard InChI is InChI=1S/C33H32ClN3O7S2/c1-5-6-15-44-23-13-9-20(10-14-23)28(38)26-27(21-16-24(41-2)30(43-4)25(17-21)42-3)37(31(40)29(26)39)32-35-36-33(46-32)45-18-19-7-11-22(34)12-8-19/h7-14,16-17,27,38H,5-6,15,18H2,1-4H3/b28-26+. The molecule has 5 rings (SSSR count). The highest BCUT2D eigenvalue weighted by atomic mass is 35.5. The number of unbranched alkanes of at least 4 members (excludes halogenated alkanes) is 1. The molecule has 1 aliphatic rings. The van der Waals surface area contributed by atoms with Gasteiger partial charge in [-0.3, -0.25) is 14.5 Å². The fourth-order valence-electron chi connectivity index (χ4n) is 4.89. The van der Waals surface area contributed by atoms with E-state index in [1.54, 1.807) is 36.4 Å². The molecule has 1 fully saturated rings. The maximum absolute atomic E-state index is 13.7. The number of halogens is 1. The summed E-state index contributed by atoms with van der Waals surface area (Å²) in [4.78, 5) is 28.7. The van der Waals surface area contributed by atoms with Gasteiger partial charge in [0.1, 0.15) is 11.5 Å². The molecule has 1 saturated heterocycles. The second-order valence-electron chi connectivity index (χ2n) is 10.1.